The number of rotatable bonds is 3. The molecule has 0 spiro atoms. The Morgan fingerprint density at radius 3 is 2.15 bits per heavy atom. The molecule has 2 aromatic carbocycles. The molecule has 0 amide bonds. The summed E-state index contributed by atoms with van der Waals surface area (Å²) >= 11 is 0. The van der Waals surface area contributed by atoms with E-state index in [2.05, 4.69) is 0 Å². The van der Waals surface area contributed by atoms with Gasteiger partial charge in [0.05, 0.1) is 5.56 Å². The fourth-order valence-electron chi connectivity index (χ4n) is 2.96. The predicted molar refractivity (Wildman–Crippen MR) is 96.3 cm³/mol. The fraction of sp³-hybridized carbons (Fsp3) is 0.286. The number of hydrogen-bond donors (Lipinski definition) is 0. The first kappa shape index (κ1) is 18.2. The molecule has 5 heteroatoms. The molecule has 0 aliphatic rings. The predicted octanol–water partition coefficient (Wildman–Crippen LogP) is 5.94. The van der Waals surface area contributed by atoms with Crippen molar-refractivity contribution in [1.29, 1.82) is 0 Å². The third kappa shape index (κ3) is 3.52. The number of halogens is 3. The van der Waals surface area contributed by atoms with Gasteiger partial charge in [-0.3, -0.25) is 4.79 Å². The van der Waals surface area contributed by atoms with E-state index in [4.69, 9.17) is 0 Å². The largest absolute Gasteiger partial charge is 0.416 e. The first-order valence-electron chi connectivity index (χ1n) is 8.36. The van der Waals surface area contributed by atoms with Crippen LogP contribution in [-0.4, -0.2) is 10.4 Å². The lowest BCUT2D eigenvalue weighted by Gasteiger charge is -2.15. The lowest BCUT2D eigenvalue weighted by atomic mass is 9.86. The Kier molecular flexibility index (Phi) is 4.42. The van der Waals surface area contributed by atoms with Crippen LogP contribution in [0.3, 0.4) is 0 Å². The number of benzene rings is 2. The summed E-state index contributed by atoms with van der Waals surface area (Å²) in [5.74, 6) is 0.0415. The number of nitrogens with zero attached hydrogens (tertiary/aromatic N) is 1. The summed E-state index contributed by atoms with van der Waals surface area (Å²) in [6.45, 7) is 6.02. The van der Waals surface area contributed by atoms with Crippen LogP contribution >= 0.6 is 0 Å². The average molecular weight is 359 g/mol. The van der Waals surface area contributed by atoms with E-state index < -0.39 is 17.2 Å². The van der Waals surface area contributed by atoms with Gasteiger partial charge in [0.25, 0.3) is 0 Å². The van der Waals surface area contributed by atoms with Crippen LogP contribution in [0, 0.1) is 5.41 Å². The molecular weight excluding hydrogens is 339 g/mol. The molecule has 0 N–H and O–H groups in total. The Hall–Kier alpha value is -2.56. The van der Waals surface area contributed by atoms with E-state index in [9.17, 15) is 18.0 Å². The number of ketones is 1. The van der Waals surface area contributed by atoms with E-state index in [-0.39, 0.29) is 5.78 Å². The summed E-state index contributed by atoms with van der Waals surface area (Å²) in [5, 5.41) is 0.860. The summed E-state index contributed by atoms with van der Waals surface area (Å²) in [5.41, 5.74) is 1.10. The summed E-state index contributed by atoms with van der Waals surface area (Å²) in [4.78, 5) is 12.8. The third-order valence-electron chi connectivity index (χ3n) is 4.35. The van der Waals surface area contributed by atoms with Gasteiger partial charge in [0.15, 0.2) is 5.78 Å². The Balaban J connectivity index is 2.00. The Labute approximate surface area is 150 Å². The van der Waals surface area contributed by atoms with Crippen LogP contribution in [0.4, 0.5) is 13.2 Å². The molecule has 0 bridgehead atoms. The van der Waals surface area contributed by atoms with Crippen molar-refractivity contribution in [3.63, 3.8) is 0 Å². The number of aromatic nitrogens is 1. The van der Waals surface area contributed by atoms with Gasteiger partial charge in [0, 0.05) is 34.6 Å². The van der Waals surface area contributed by atoms with Crippen molar-refractivity contribution in [1.82, 2.24) is 4.57 Å². The Morgan fingerprint density at radius 1 is 0.962 bits per heavy atom. The minimum atomic E-state index is -4.34. The molecule has 1 heterocycles. The maximum Gasteiger partial charge on any atom is 0.416 e. The molecule has 3 rings (SSSR count). The van der Waals surface area contributed by atoms with Gasteiger partial charge in [-0.25, -0.2) is 0 Å². The molecule has 3 aromatic rings. The molecule has 0 saturated carbocycles. The molecule has 0 aliphatic carbocycles. The topological polar surface area (TPSA) is 22.0 Å². The van der Waals surface area contributed by atoms with Crippen LogP contribution < -0.4 is 0 Å². The number of carbonyl (C=O) groups excluding carboxylic acids is 1. The van der Waals surface area contributed by atoms with Crippen molar-refractivity contribution in [3.05, 3.63) is 71.4 Å². The molecule has 0 fully saturated rings. The van der Waals surface area contributed by atoms with Crippen molar-refractivity contribution in [2.45, 2.75) is 33.5 Å². The second-order valence-corrected chi connectivity index (χ2v) is 7.46. The SMILES string of the molecule is CC(C)(C)C(=O)c1cn(Cc2ccc(C(F)(F)F)cc2)c2ccccc12. The standard InChI is InChI=1S/C21H20F3NO/c1-20(2,3)19(26)17-13-25(18-7-5-4-6-16(17)18)12-14-8-10-15(11-9-14)21(22,23)24/h4-11,13H,12H2,1-3H3. The van der Waals surface area contributed by atoms with Crippen molar-refractivity contribution < 1.29 is 18.0 Å². The van der Waals surface area contributed by atoms with Gasteiger partial charge < -0.3 is 4.57 Å². The number of fused-ring (bicyclic) bond motifs is 1. The van der Waals surface area contributed by atoms with Crippen molar-refractivity contribution in [2.24, 2.45) is 5.41 Å². The van der Waals surface area contributed by atoms with E-state index in [1.807, 2.05) is 49.6 Å². The molecule has 0 radical (unpaired) electrons. The second-order valence-electron chi connectivity index (χ2n) is 7.46. The van der Waals surface area contributed by atoms with E-state index in [1.54, 1.807) is 6.20 Å². The van der Waals surface area contributed by atoms with Crippen molar-refractivity contribution in [2.75, 3.05) is 0 Å². The molecule has 136 valence electrons. The van der Waals surface area contributed by atoms with Crippen LogP contribution in [0.5, 0.6) is 0 Å². The highest BCUT2D eigenvalue weighted by atomic mass is 19.4. The average Bonchev–Trinajstić information content (AvgIpc) is 2.92. The van der Waals surface area contributed by atoms with Crippen LogP contribution in [0.25, 0.3) is 10.9 Å². The summed E-state index contributed by atoms with van der Waals surface area (Å²) in [6, 6.07) is 12.7. The van der Waals surface area contributed by atoms with Gasteiger partial charge in [-0.2, -0.15) is 13.2 Å². The summed E-state index contributed by atoms with van der Waals surface area (Å²) in [7, 11) is 0. The Bertz CT molecular complexity index is 944. The number of alkyl halides is 3. The highest BCUT2D eigenvalue weighted by molar-refractivity contribution is 6.10. The Morgan fingerprint density at radius 2 is 1.58 bits per heavy atom. The highest BCUT2D eigenvalue weighted by Crippen LogP contribution is 2.31. The van der Waals surface area contributed by atoms with Gasteiger partial charge in [-0.05, 0) is 23.8 Å². The van der Waals surface area contributed by atoms with Crippen LogP contribution in [0.1, 0.15) is 42.3 Å². The minimum absolute atomic E-state index is 0.0415. The van der Waals surface area contributed by atoms with E-state index >= 15 is 0 Å². The number of para-hydroxylation sites is 1. The molecule has 0 saturated heterocycles. The normalized spacial score (nSPS) is 12.5. The zero-order valence-electron chi connectivity index (χ0n) is 14.9. The lowest BCUT2D eigenvalue weighted by molar-refractivity contribution is -0.137. The molecule has 2 nitrogen and oxygen atoms in total. The van der Waals surface area contributed by atoms with Crippen molar-refractivity contribution >= 4 is 16.7 Å². The number of hydrogen-bond acceptors (Lipinski definition) is 1. The summed E-state index contributed by atoms with van der Waals surface area (Å²) in [6.07, 6.45) is -2.54. The van der Waals surface area contributed by atoms with Gasteiger partial charge >= 0.3 is 6.18 Å². The van der Waals surface area contributed by atoms with E-state index in [0.29, 0.717) is 12.1 Å². The van der Waals surface area contributed by atoms with Gasteiger partial charge in [0.2, 0.25) is 0 Å². The lowest BCUT2D eigenvalue weighted by Crippen LogP contribution is -2.19. The minimum Gasteiger partial charge on any atom is -0.342 e. The highest BCUT2D eigenvalue weighted by Gasteiger charge is 2.30. The van der Waals surface area contributed by atoms with Crippen LogP contribution in [0.2, 0.25) is 0 Å². The molecule has 26 heavy (non-hydrogen) atoms. The molecule has 1 aromatic heterocycles. The first-order chi connectivity index (χ1) is 12.1. The maximum absolute atomic E-state index is 12.8. The maximum atomic E-state index is 12.8. The monoisotopic (exact) mass is 359 g/mol. The quantitative estimate of drug-likeness (QED) is 0.531. The van der Waals surface area contributed by atoms with Crippen LogP contribution in [-0.2, 0) is 12.7 Å². The summed E-state index contributed by atoms with van der Waals surface area (Å²) < 4.78 is 40.1. The molecule has 0 atom stereocenters. The number of Topliss-reactive ketones (excluding diaryl/α,β-unsaturated/α-hetero) is 1. The third-order valence-corrected chi connectivity index (χ3v) is 4.35. The zero-order valence-corrected chi connectivity index (χ0v) is 14.9. The van der Waals surface area contributed by atoms with E-state index in [1.165, 1.54) is 12.1 Å². The molecule has 0 aliphatic heterocycles. The molecular formula is C21H20F3NO. The molecule has 0 unspecified atom stereocenters. The van der Waals surface area contributed by atoms with Crippen LogP contribution in [0.15, 0.2) is 54.7 Å². The van der Waals surface area contributed by atoms with Crippen molar-refractivity contribution in [3.8, 4) is 0 Å². The van der Waals surface area contributed by atoms with Gasteiger partial charge in [-0.15, -0.1) is 0 Å². The zero-order chi connectivity index (χ0) is 19.1. The smallest absolute Gasteiger partial charge is 0.342 e. The van der Waals surface area contributed by atoms with Gasteiger partial charge in [-0.1, -0.05) is 51.1 Å². The van der Waals surface area contributed by atoms with E-state index in [0.717, 1.165) is 28.6 Å². The number of carbonyl (C=O) groups is 1. The van der Waals surface area contributed by atoms with Gasteiger partial charge in [0.1, 0.15) is 0 Å². The first-order valence-corrected chi connectivity index (χ1v) is 8.36. The second kappa shape index (κ2) is 6.31. The fourth-order valence-corrected chi connectivity index (χ4v) is 2.96.